The van der Waals surface area contributed by atoms with E-state index >= 15 is 0 Å². The van der Waals surface area contributed by atoms with E-state index in [4.69, 9.17) is 4.42 Å². The second kappa shape index (κ2) is 6.39. The van der Waals surface area contributed by atoms with Crippen molar-refractivity contribution in [3.05, 3.63) is 12.0 Å². The van der Waals surface area contributed by atoms with E-state index in [2.05, 4.69) is 48.0 Å². The van der Waals surface area contributed by atoms with Crippen molar-refractivity contribution < 1.29 is 4.42 Å². The summed E-state index contributed by atoms with van der Waals surface area (Å²) in [5, 5.41) is 3.34. The highest BCUT2D eigenvalue weighted by molar-refractivity contribution is 5.26. The molecule has 1 atom stereocenters. The first kappa shape index (κ1) is 14.3. The van der Waals surface area contributed by atoms with Gasteiger partial charge in [-0.05, 0) is 26.4 Å². The number of anilines is 1. The van der Waals surface area contributed by atoms with E-state index in [1.807, 2.05) is 0 Å². The Balaban J connectivity index is 1.86. The van der Waals surface area contributed by atoms with E-state index in [0.717, 1.165) is 24.8 Å². The highest BCUT2D eigenvalue weighted by atomic mass is 16.4. The molecule has 2 heterocycles. The Hall–Kier alpha value is -1.07. The minimum Gasteiger partial charge on any atom is -0.432 e. The first-order valence-electron chi connectivity index (χ1n) is 7.15. The number of nitrogens with zero attached hydrogens (tertiary/aromatic N) is 3. The fraction of sp³-hybridized carbons (Fsp3) is 0.786. The lowest BCUT2D eigenvalue weighted by Gasteiger charge is -2.24. The summed E-state index contributed by atoms with van der Waals surface area (Å²) < 4.78 is 5.56. The van der Waals surface area contributed by atoms with Gasteiger partial charge >= 0.3 is 0 Å². The summed E-state index contributed by atoms with van der Waals surface area (Å²) in [5.74, 6) is 0. The minimum absolute atomic E-state index is 0.463. The molecule has 5 nitrogen and oxygen atoms in total. The van der Waals surface area contributed by atoms with Crippen LogP contribution >= 0.6 is 0 Å². The highest BCUT2D eigenvalue weighted by Gasteiger charge is 2.23. The fourth-order valence-electron chi connectivity index (χ4n) is 2.47. The minimum atomic E-state index is 0.463. The number of rotatable bonds is 6. The zero-order valence-corrected chi connectivity index (χ0v) is 12.5. The molecule has 1 saturated heterocycles. The molecule has 0 amide bonds. The summed E-state index contributed by atoms with van der Waals surface area (Å²) in [6.07, 6.45) is 4.31. The lowest BCUT2D eigenvalue weighted by atomic mass is 10.2. The summed E-state index contributed by atoms with van der Waals surface area (Å²) >= 11 is 0. The number of likely N-dealkylation sites (tertiary alicyclic amines) is 1. The lowest BCUT2D eigenvalue weighted by Crippen LogP contribution is -2.36. The summed E-state index contributed by atoms with van der Waals surface area (Å²) in [4.78, 5) is 9.06. The zero-order valence-electron chi connectivity index (χ0n) is 12.5. The molecule has 5 heteroatoms. The van der Waals surface area contributed by atoms with Crippen molar-refractivity contribution in [2.45, 2.75) is 45.3 Å². The van der Waals surface area contributed by atoms with Gasteiger partial charge in [-0.15, -0.1) is 0 Å². The van der Waals surface area contributed by atoms with Crippen LogP contribution in [0.15, 0.2) is 10.7 Å². The number of hydrogen-bond donors (Lipinski definition) is 1. The predicted molar refractivity (Wildman–Crippen MR) is 77.4 cm³/mol. The molecule has 0 aliphatic carbocycles. The second-order valence-electron chi connectivity index (χ2n) is 5.81. The van der Waals surface area contributed by atoms with Gasteiger partial charge in [0.1, 0.15) is 6.26 Å². The van der Waals surface area contributed by atoms with Crippen LogP contribution in [0.1, 0.15) is 32.4 Å². The molecule has 0 bridgehead atoms. The van der Waals surface area contributed by atoms with Crippen molar-refractivity contribution in [3.63, 3.8) is 0 Å². The standard InChI is InChI=1S/C14H26N4O/c1-11(2)15-8-12-10-19-14(16-12)18(4)9-13-6-5-7-17(13)3/h10-11,13,15H,5-9H2,1-4H3. The molecule has 0 aromatic carbocycles. The second-order valence-corrected chi connectivity index (χ2v) is 5.81. The summed E-state index contributed by atoms with van der Waals surface area (Å²) in [6.45, 7) is 7.20. The Labute approximate surface area is 116 Å². The maximum Gasteiger partial charge on any atom is 0.297 e. The average Bonchev–Trinajstić information content (AvgIpc) is 2.97. The van der Waals surface area contributed by atoms with Crippen molar-refractivity contribution in [1.82, 2.24) is 15.2 Å². The van der Waals surface area contributed by atoms with Gasteiger partial charge < -0.3 is 19.5 Å². The van der Waals surface area contributed by atoms with Crippen molar-refractivity contribution in [2.75, 3.05) is 32.1 Å². The molecule has 1 N–H and O–H groups in total. The Morgan fingerprint density at radius 1 is 1.58 bits per heavy atom. The average molecular weight is 266 g/mol. The monoisotopic (exact) mass is 266 g/mol. The van der Waals surface area contributed by atoms with E-state index in [-0.39, 0.29) is 0 Å². The SMILES string of the molecule is CC(C)NCc1coc(N(C)CC2CCCN2C)n1. The third-order valence-electron chi connectivity index (χ3n) is 3.71. The van der Waals surface area contributed by atoms with Gasteiger partial charge in [0.15, 0.2) is 0 Å². The molecule has 1 fully saturated rings. The number of nitrogens with one attached hydrogen (secondary N) is 1. The zero-order chi connectivity index (χ0) is 13.8. The summed E-state index contributed by atoms with van der Waals surface area (Å²) in [7, 11) is 4.25. The maximum atomic E-state index is 5.56. The van der Waals surface area contributed by atoms with Crippen molar-refractivity contribution in [3.8, 4) is 0 Å². The van der Waals surface area contributed by atoms with Gasteiger partial charge in [-0.1, -0.05) is 13.8 Å². The molecule has 1 unspecified atom stereocenters. The van der Waals surface area contributed by atoms with Gasteiger partial charge in [0.05, 0.1) is 5.69 Å². The van der Waals surface area contributed by atoms with E-state index in [0.29, 0.717) is 12.1 Å². The molecule has 108 valence electrons. The van der Waals surface area contributed by atoms with Gasteiger partial charge in [0, 0.05) is 32.2 Å². The third-order valence-corrected chi connectivity index (χ3v) is 3.71. The Morgan fingerprint density at radius 2 is 2.37 bits per heavy atom. The largest absolute Gasteiger partial charge is 0.432 e. The van der Waals surface area contributed by atoms with E-state index in [1.54, 1.807) is 6.26 Å². The maximum absolute atomic E-state index is 5.56. The van der Waals surface area contributed by atoms with Gasteiger partial charge in [0.2, 0.25) is 0 Å². The van der Waals surface area contributed by atoms with Crippen molar-refractivity contribution in [2.24, 2.45) is 0 Å². The number of oxazole rings is 1. The third kappa shape index (κ3) is 3.94. The molecule has 0 radical (unpaired) electrons. The van der Waals surface area contributed by atoms with Gasteiger partial charge in [-0.2, -0.15) is 4.98 Å². The van der Waals surface area contributed by atoms with Crippen LogP contribution in [0.5, 0.6) is 0 Å². The first-order chi connectivity index (χ1) is 9.06. The van der Waals surface area contributed by atoms with Crippen LogP contribution in [0.3, 0.4) is 0 Å². The lowest BCUT2D eigenvalue weighted by molar-refractivity contribution is 0.311. The normalized spacial score (nSPS) is 20.4. The molecule has 0 spiro atoms. The molecule has 2 rings (SSSR count). The molecule has 0 saturated carbocycles. The number of aromatic nitrogens is 1. The van der Waals surface area contributed by atoms with E-state index in [1.165, 1.54) is 19.4 Å². The Bertz CT molecular complexity index is 391. The number of hydrogen-bond acceptors (Lipinski definition) is 5. The van der Waals surface area contributed by atoms with Crippen molar-refractivity contribution >= 4 is 6.01 Å². The Morgan fingerprint density at radius 3 is 3.00 bits per heavy atom. The van der Waals surface area contributed by atoms with Crippen LogP contribution in [0.2, 0.25) is 0 Å². The van der Waals surface area contributed by atoms with Gasteiger partial charge in [-0.3, -0.25) is 0 Å². The van der Waals surface area contributed by atoms with Gasteiger partial charge in [0.25, 0.3) is 6.01 Å². The predicted octanol–water partition coefficient (Wildman–Crippen LogP) is 1.70. The molecule has 1 aliphatic heterocycles. The summed E-state index contributed by atoms with van der Waals surface area (Å²) in [6, 6.07) is 1.81. The highest BCUT2D eigenvalue weighted by Crippen LogP contribution is 2.19. The topological polar surface area (TPSA) is 44.5 Å². The molecule has 1 aromatic rings. The molecule has 1 aromatic heterocycles. The van der Waals surface area contributed by atoms with Crippen LogP contribution < -0.4 is 10.2 Å². The van der Waals surface area contributed by atoms with Gasteiger partial charge in [-0.25, -0.2) is 0 Å². The fourth-order valence-corrected chi connectivity index (χ4v) is 2.47. The van der Waals surface area contributed by atoms with Crippen LogP contribution in [0, 0.1) is 0 Å². The van der Waals surface area contributed by atoms with Crippen LogP contribution in [0.4, 0.5) is 6.01 Å². The van der Waals surface area contributed by atoms with Crippen LogP contribution in [0.25, 0.3) is 0 Å². The van der Waals surface area contributed by atoms with E-state index in [9.17, 15) is 0 Å². The van der Waals surface area contributed by atoms with Crippen LogP contribution in [-0.2, 0) is 6.54 Å². The molecular formula is C14H26N4O. The molecular weight excluding hydrogens is 240 g/mol. The summed E-state index contributed by atoms with van der Waals surface area (Å²) in [5.41, 5.74) is 0.968. The smallest absolute Gasteiger partial charge is 0.297 e. The number of likely N-dealkylation sites (N-methyl/N-ethyl adjacent to an activating group) is 2. The quantitative estimate of drug-likeness (QED) is 0.849. The van der Waals surface area contributed by atoms with E-state index < -0.39 is 0 Å². The van der Waals surface area contributed by atoms with Crippen molar-refractivity contribution in [1.29, 1.82) is 0 Å². The first-order valence-corrected chi connectivity index (χ1v) is 7.15. The molecule has 19 heavy (non-hydrogen) atoms. The molecule has 1 aliphatic rings. The Kier molecular flexibility index (Phi) is 4.82. The van der Waals surface area contributed by atoms with Crippen LogP contribution in [-0.4, -0.2) is 49.2 Å².